The summed E-state index contributed by atoms with van der Waals surface area (Å²) in [6.45, 7) is 14.8. The molecule has 2 aromatic carbocycles. The molecule has 0 spiro atoms. The zero-order valence-corrected chi connectivity index (χ0v) is 32.4. The molecule has 0 radical (unpaired) electrons. The van der Waals surface area contributed by atoms with E-state index >= 15 is 8.78 Å². The van der Waals surface area contributed by atoms with E-state index in [2.05, 4.69) is 75.0 Å². The van der Waals surface area contributed by atoms with Crippen LogP contribution < -0.4 is 14.4 Å². The summed E-state index contributed by atoms with van der Waals surface area (Å²) < 4.78 is 50.5. The topological polar surface area (TPSA) is 89.8 Å². The van der Waals surface area contributed by atoms with E-state index in [4.69, 9.17) is 24.2 Å². The van der Waals surface area contributed by atoms with Gasteiger partial charge in [-0.1, -0.05) is 65.7 Å². The van der Waals surface area contributed by atoms with Crippen LogP contribution in [0.2, 0.25) is 16.6 Å². The maximum absolute atomic E-state index is 17.3. The summed E-state index contributed by atoms with van der Waals surface area (Å²) in [7, 11) is -0.739. The zero-order valence-electron chi connectivity index (χ0n) is 31.4. The maximum atomic E-state index is 17.3. The van der Waals surface area contributed by atoms with Crippen LogP contribution in [-0.2, 0) is 4.74 Å². The molecule has 0 unspecified atom stereocenters. The van der Waals surface area contributed by atoms with Gasteiger partial charge in [-0.25, -0.2) is 8.78 Å². The largest absolute Gasteiger partial charge is 0.468 e. The smallest absolute Gasteiger partial charge is 0.319 e. The number of pyridine rings is 1. The van der Waals surface area contributed by atoms with E-state index in [-0.39, 0.29) is 48.2 Å². The minimum Gasteiger partial charge on any atom is -0.468 e. The highest BCUT2D eigenvalue weighted by atomic mass is 28.3. The molecule has 1 aliphatic carbocycles. The number of benzene rings is 2. The highest BCUT2D eigenvalue weighted by molar-refractivity contribution is 6.90. The van der Waals surface area contributed by atoms with Gasteiger partial charge < -0.3 is 24.2 Å². The molecule has 0 amide bonds. The molecule has 1 fully saturated rings. The number of aromatic nitrogens is 3. The van der Waals surface area contributed by atoms with Crippen molar-refractivity contribution in [2.24, 2.45) is 5.41 Å². The summed E-state index contributed by atoms with van der Waals surface area (Å²) in [6.07, 6.45) is 9.17. The molecule has 6 rings (SSSR count). The van der Waals surface area contributed by atoms with Gasteiger partial charge in [0.15, 0.2) is 12.6 Å². The molecule has 1 saturated carbocycles. The number of methoxy groups -OCH3 is 1. The minimum absolute atomic E-state index is 0.000874. The predicted octanol–water partition coefficient (Wildman–Crippen LogP) is 8.98. The summed E-state index contributed by atoms with van der Waals surface area (Å²) >= 11 is 0. The van der Waals surface area contributed by atoms with Gasteiger partial charge in [0.2, 0.25) is 0 Å². The van der Waals surface area contributed by atoms with E-state index in [1.807, 2.05) is 0 Å². The fraction of sp³-hybridized carbons (Fsp3) is 0.488. The summed E-state index contributed by atoms with van der Waals surface area (Å²) in [5.41, 5.74) is 4.91. The van der Waals surface area contributed by atoms with E-state index in [9.17, 15) is 5.11 Å². The van der Waals surface area contributed by atoms with Gasteiger partial charge in [0, 0.05) is 42.8 Å². The van der Waals surface area contributed by atoms with Gasteiger partial charge in [-0.05, 0) is 65.9 Å². The second-order valence-corrected chi connectivity index (χ2v) is 20.8. The Bertz CT molecular complexity index is 2010. The molecule has 0 atom stereocenters. The molecule has 3 heterocycles. The lowest BCUT2D eigenvalue weighted by molar-refractivity contribution is 0.0512. The van der Waals surface area contributed by atoms with E-state index < -0.39 is 19.7 Å². The molecule has 4 aromatic rings. The van der Waals surface area contributed by atoms with Gasteiger partial charge in [-0.15, -0.1) is 5.54 Å². The fourth-order valence-electron chi connectivity index (χ4n) is 7.81. The molecular weight excluding hydrogens is 679 g/mol. The lowest BCUT2D eigenvalue weighted by Crippen LogP contribution is -2.43. The van der Waals surface area contributed by atoms with Crippen molar-refractivity contribution in [3.8, 4) is 34.5 Å². The van der Waals surface area contributed by atoms with Crippen molar-refractivity contribution in [3.05, 3.63) is 59.8 Å². The minimum atomic E-state index is -2.26. The van der Waals surface area contributed by atoms with Crippen molar-refractivity contribution in [1.82, 2.24) is 15.0 Å². The monoisotopic (exact) mass is 728 g/mol. The highest BCUT2D eigenvalue weighted by Crippen LogP contribution is 2.46. The Morgan fingerprint density at radius 1 is 0.962 bits per heavy atom. The molecule has 8 nitrogen and oxygen atoms in total. The Kier molecular flexibility index (Phi) is 11.2. The molecule has 1 aliphatic heterocycles. The van der Waals surface area contributed by atoms with Crippen LogP contribution in [-0.4, -0.2) is 68.3 Å². The molecule has 11 heteroatoms. The van der Waals surface area contributed by atoms with Crippen LogP contribution >= 0.6 is 0 Å². The number of rotatable bonds is 12. The molecular formula is C41H50F2N4O4Si. The number of anilines is 1. The molecule has 276 valence electrons. The van der Waals surface area contributed by atoms with Crippen LogP contribution in [0.5, 0.6) is 11.8 Å². The van der Waals surface area contributed by atoms with E-state index in [1.165, 1.54) is 13.2 Å². The standard InChI is InChI=1S/C41H50F2N4O4Si/c1-26(2)52(27(3)4,28(5)6)19-14-31-34(42)13-12-29-20-30(51-25-49-7)21-32(35(29)31)37-36(43)38-33(22-44-37)39(47-17-10-8-9-11-18-47)46-40(45-38)50-24-41(23-48)15-16-41/h8-9,12-13,20-22,26-28,48H,10-11,15-18,23-25H2,1-7H3. The molecule has 52 heavy (non-hydrogen) atoms. The lowest BCUT2D eigenvalue weighted by atomic mass is 9.95. The van der Waals surface area contributed by atoms with E-state index in [0.29, 0.717) is 63.0 Å². The maximum Gasteiger partial charge on any atom is 0.319 e. The van der Waals surface area contributed by atoms with Gasteiger partial charge in [-0.3, -0.25) is 4.98 Å². The first-order valence-corrected chi connectivity index (χ1v) is 20.6. The van der Waals surface area contributed by atoms with Gasteiger partial charge in [-0.2, -0.15) is 9.97 Å². The van der Waals surface area contributed by atoms with Crippen molar-refractivity contribution in [3.63, 3.8) is 0 Å². The Morgan fingerprint density at radius 3 is 2.27 bits per heavy atom. The van der Waals surface area contributed by atoms with Crippen molar-refractivity contribution in [1.29, 1.82) is 0 Å². The fourth-order valence-corrected chi connectivity index (χ4v) is 13.0. The molecule has 0 bridgehead atoms. The summed E-state index contributed by atoms with van der Waals surface area (Å²) in [6, 6.07) is 6.55. The number of aliphatic hydroxyl groups excluding tert-OH is 1. The Labute approximate surface area is 306 Å². The Balaban J connectivity index is 1.59. The van der Waals surface area contributed by atoms with Crippen LogP contribution in [0, 0.1) is 28.5 Å². The Morgan fingerprint density at radius 2 is 1.65 bits per heavy atom. The quantitative estimate of drug-likeness (QED) is 0.0670. The Hall–Kier alpha value is -4.11. The summed E-state index contributed by atoms with van der Waals surface area (Å²) in [5.74, 6) is 3.09. The average molecular weight is 729 g/mol. The predicted molar refractivity (Wildman–Crippen MR) is 205 cm³/mol. The summed E-state index contributed by atoms with van der Waals surface area (Å²) in [4.78, 5) is 16.2. The third-order valence-corrected chi connectivity index (χ3v) is 17.2. The third-order valence-electron chi connectivity index (χ3n) is 11.0. The van der Waals surface area contributed by atoms with Gasteiger partial charge in [0.1, 0.15) is 36.7 Å². The first kappa shape index (κ1) is 37.6. The molecule has 2 aliphatic rings. The summed E-state index contributed by atoms with van der Waals surface area (Å²) in [5, 5.41) is 11.4. The number of halogens is 2. The average Bonchev–Trinajstić information content (AvgIpc) is 3.95. The number of hydrogen-bond donors (Lipinski definition) is 1. The normalized spacial score (nSPS) is 15.8. The zero-order chi connectivity index (χ0) is 37.2. The van der Waals surface area contributed by atoms with Crippen LogP contribution in [0.25, 0.3) is 32.9 Å². The molecule has 2 aromatic heterocycles. The van der Waals surface area contributed by atoms with Crippen LogP contribution in [0.1, 0.15) is 72.8 Å². The van der Waals surface area contributed by atoms with Crippen molar-refractivity contribution < 1.29 is 28.1 Å². The van der Waals surface area contributed by atoms with Crippen molar-refractivity contribution >= 4 is 35.6 Å². The van der Waals surface area contributed by atoms with Gasteiger partial charge in [0.05, 0.1) is 24.2 Å². The SMILES string of the molecule is COCOc1cc(-c2ncc3c(N4CCC=CCC4)nc(OCC4(CO)CC4)nc3c2F)c2c(C#C[Si](C(C)C)(C(C)C)C(C)C)c(F)ccc2c1. The van der Waals surface area contributed by atoms with Crippen LogP contribution in [0.4, 0.5) is 14.6 Å². The number of aliphatic hydroxyl groups is 1. The van der Waals surface area contributed by atoms with Crippen LogP contribution in [0.15, 0.2) is 42.6 Å². The van der Waals surface area contributed by atoms with Crippen molar-refractivity contribution in [2.45, 2.75) is 83.8 Å². The first-order chi connectivity index (χ1) is 24.9. The van der Waals surface area contributed by atoms with E-state index in [0.717, 1.165) is 25.7 Å². The molecule has 0 saturated heterocycles. The first-order valence-electron chi connectivity index (χ1n) is 18.4. The van der Waals surface area contributed by atoms with E-state index in [1.54, 1.807) is 24.4 Å². The second-order valence-electron chi connectivity index (χ2n) is 15.2. The molecule has 1 N–H and O–H groups in total. The number of hydrogen-bond acceptors (Lipinski definition) is 8. The number of ether oxygens (including phenoxy) is 3. The lowest BCUT2D eigenvalue weighted by Gasteiger charge is -2.38. The highest BCUT2D eigenvalue weighted by Gasteiger charge is 2.43. The number of nitrogens with zero attached hydrogens (tertiary/aromatic N) is 4. The van der Waals surface area contributed by atoms with Crippen molar-refractivity contribution in [2.75, 3.05) is 45.1 Å². The van der Waals surface area contributed by atoms with Gasteiger partial charge in [0.25, 0.3) is 0 Å². The number of fused-ring (bicyclic) bond motifs is 2. The van der Waals surface area contributed by atoms with Gasteiger partial charge >= 0.3 is 6.01 Å². The van der Waals surface area contributed by atoms with Crippen LogP contribution in [0.3, 0.4) is 0 Å². The second kappa shape index (κ2) is 15.5. The third kappa shape index (κ3) is 7.26.